The molecule has 0 atom stereocenters. The van der Waals surface area contributed by atoms with E-state index < -0.39 is 0 Å². The van der Waals surface area contributed by atoms with Gasteiger partial charge in [-0.05, 0) is 26.7 Å². The lowest BCUT2D eigenvalue weighted by Crippen LogP contribution is -2.28. The Balaban J connectivity index is 4.43. The van der Waals surface area contributed by atoms with E-state index >= 15 is 0 Å². The van der Waals surface area contributed by atoms with Gasteiger partial charge in [-0.15, -0.1) is 0 Å². The van der Waals surface area contributed by atoms with Gasteiger partial charge < -0.3 is 4.90 Å². The van der Waals surface area contributed by atoms with E-state index in [4.69, 9.17) is 0 Å². The zero-order valence-electron chi connectivity index (χ0n) is 8.85. The van der Waals surface area contributed by atoms with Crippen LogP contribution in [0.4, 0.5) is 0 Å². The Morgan fingerprint density at radius 1 is 1.08 bits per heavy atom. The highest BCUT2D eigenvalue weighted by atomic mass is 15.2. The van der Waals surface area contributed by atoms with Crippen LogP contribution < -0.4 is 0 Å². The summed E-state index contributed by atoms with van der Waals surface area (Å²) in [4.78, 5) is 2.22. The predicted octanol–water partition coefficient (Wildman–Crippen LogP) is 3.54. The van der Waals surface area contributed by atoms with Crippen molar-refractivity contribution in [2.24, 2.45) is 0 Å². The fraction of sp³-hybridized carbons (Fsp3) is 0.636. The molecule has 0 aromatic rings. The lowest BCUT2D eigenvalue weighted by atomic mass is 10.2. The molecule has 0 saturated heterocycles. The van der Waals surface area contributed by atoms with Crippen molar-refractivity contribution in [2.45, 2.75) is 46.6 Å². The summed E-state index contributed by atoms with van der Waals surface area (Å²) in [7, 11) is 0. The molecule has 70 valence electrons. The van der Waals surface area contributed by atoms with Gasteiger partial charge in [-0.1, -0.05) is 27.0 Å². The summed E-state index contributed by atoms with van der Waals surface area (Å²) in [5.41, 5.74) is 2.33. The Morgan fingerprint density at radius 3 is 1.58 bits per heavy atom. The second-order valence-corrected chi connectivity index (χ2v) is 3.30. The van der Waals surface area contributed by atoms with Gasteiger partial charge >= 0.3 is 0 Å². The summed E-state index contributed by atoms with van der Waals surface area (Å²) in [6.07, 6.45) is 1.99. The standard InChI is InChI=1S/C11H21N/c1-7-10(5)12(9(3)4)11(6)8-2/h9H,5-8H2,1-4H3. The smallest absolute Gasteiger partial charge is 0.0278 e. The number of hydrogen-bond acceptors (Lipinski definition) is 1. The van der Waals surface area contributed by atoms with Crippen molar-refractivity contribution in [3.05, 3.63) is 24.6 Å². The first-order valence-corrected chi connectivity index (χ1v) is 4.69. The lowest BCUT2D eigenvalue weighted by Gasteiger charge is -2.31. The first-order chi connectivity index (χ1) is 5.54. The van der Waals surface area contributed by atoms with Crippen molar-refractivity contribution in [1.82, 2.24) is 4.90 Å². The van der Waals surface area contributed by atoms with Crippen LogP contribution in [0.5, 0.6) is 0 Å². The van der Waals surface area contributed by atoms with Crippen LogP contribution in [-0.2, 0) is 0 Å². The summed E-state index contributed by atoms with van der Waals surface area (Å²) >= 11 is 0. The van der Waals surface area contributed by atoms with Crippen LogP contribution in [0.1, 0.15) is 40.5 Å². The minimum Gasteiger partial charge on any atom is -0.347 e. The van der Waals surface area contributed by atoms with E-state index in [1.807, 2.05) is 0 Å². The Bertz CT molecular complexity index is 152. The van der Waals surface area contributed by atoms with Crippen molar-refractivity contribution in [3.63, 3.8) is 0 Å². The van der Waals surface area contributed by atoms with Crippen molar-refractivity contribution >= 4 is 0 Å². The first-order valence-electron chi connectivity index (χ1n) is 4.69. The van der Waals surface area contributed by atoms with Crippen LogP contribution in [0, 0.1) is 0 Å². The second kappa shape index (κ2) is 5.02. The molecule has 0 N–H and O–H groups in total. The molecule has 0 aliphatic heterocycles. The largest absolute Gasteiger partial charge is 0.347 e. The van der Waals surface area contributed by atoms with Crippen molar-refractivity contribution < 1.29 is 0 Å². The van der Waals surface area contributed by atoms with E-state index in [1.165, 1.54) is 0 Å². The number of nitrogens with zero attached hydrogens (tertiary/aromatic N) is 1. The van der Waals surface area contributed by atoms with E-state index in [0.29, 0.717) is 6.04 Å². The summed E-state index contributed by atoms with van der Waals surface area (Å²) in [5.74, 6) is 0. The van der Waals surface area contributed by atoms with Gasteiger partial charge in [0.05, 0.1) is 0 Å². The third kappa shape index (κ3) is 2.72. The molecule has 0 saturated carbocycles. The first kappa shape index (κ1) is 11.3. The van der Waals surface area contributed by atoms with Crippen LogP contribution in [0.3, 0.4) is 0 Å². The highest BCUT2D eigenvalue weighted by Crippen LogP contribution is 2.18. The Hall–Kier alpha value is -0.720. The molecular weight excluding hydrogens is 146 g/mol. The number of hydrogen-bond donors (Lipinski definition) is 0. The van der Waals surface area contributed by atoms with E-state index in [1.54, 1.807) is 0 Å². The SMILES string of the molecule is C=C(CC)N(C(=C)CC)C(C)C. The summed E-state index contributed by atoms with van der Waals surface area (Å²) in [5, 5.41) is 0. The molecule has 0 fully saturated rings. The molecule has 0 spiro atoms. The van der Waals surface area contributed by atoms with Gasteiger partial charge in [-0.3, -0.25) is 0 Å². The molecule has 0 radical (unpaired) electrons. The van der Waals surface area contributed by atoms with Gasteiger partial charge in [0.25, 0.3) is 0 Å². The molecule has 1 nitrogen and oxygen atoms in total. The molecule has 0 aromatic carbocycles. The van der Waals surface area contributed by atoms with Crippen LogP contribution in [0.25, 0.3) is 0 Å². The maximum atomic E-state index is 4.03. The minimum absolute atomic E-state index is 0.477. The van der Waals surface area contributed by atoms with Crippen LogP contribution >= 0.6 is 0 Å². The summed E-state index contributed by atoms with van der Waals surface area (Å²) in [6.45, 7) is 16.6. The highest BCUT2D eigenvalue weighted by Gasteiger charge is 2.11. The topological polar surface area (TPSA) is 3.24 Å². The van der Waals surface area contributed by atoms with E-state index in [2.05, 4.69) is 45.8 Å². The molecule has 0 heterocycles. The zero-order chi connectivity index (χ0) is 9.72. The average Bonchev–Trinajstić information content (AvgIpc) is 2.03. The van der Waals surface area contributed by atoms with Crippen molar-refractivity contribution in [2.75, 3.05) is 0 Å². The predicted molar refractivity (Wildman–Crippen MR) is 55.8 cm³/mol. The summed E-state index contributed by atoms with van der Waals surface area (Å²) < 4.78 is 0. The van der Waals surface area contributed by atoms with E-state index in [0.717, 1.165) is 24.2 Å². The maximum absolute atomic E-state index is 4.03. The monoisotopic (exact) mass is 167 g/mol. The lowest BCUT2D eigenvalue weighted by molar-refractivity contribution is 0.338. The Labute approximate surface area is 76.8 Å². The molecule has 0 amide bonds. The van der Waals surface area contributed by atoms with Crippen molar-refractivity contribution in [1.29, 1.82) is 0 Å². The summed E-state index contributed by atoms with van der Waals surface area (Å²) in [6, 6.07) is 0.477. The van der Waals surface area contributed by atoms with Gasteiger partial charge in [0.1, 0.15) is 0 Å². The second-order valence-electron chi connectivity index (χ2n) is 3.30. The maximum Gasteiger partial charge on any atom is 0.0278 e. The number of allylic oxidation sites excluding steroid dienone is 2. The highest BCUT2D eigenvalue weighted by molar-refractivity contribution is 5.07. The third-order valence-corrected chi connectivity index (χ3v) is 2.01. The molecular formula is C11H21N. The normalized spacial score (nSPS) is 10.1. The molecule has 0 bridgehead atoms. The molecule has 0 aromatic heterocycles. The number of rotatable bonds is 5. The van der Waals surface area contributed by atoms with Crippen LogP contribution in [0.2, 0.25) is 0 Å². The molecule has 0 aliphatic carbocycles. The zero-order valence-corrected chi connectivity index (χ0v) is 8.85. The van der Waals surface area contributed by atoms with Crippen LogP contribution in [0.15, 0.2) is 24.6 Å². The molecule has 0 rings (SSSR count). The fourth-order valence-corrected chi connectivity index (χ4v) is 1.29. The third-order valence-electron chi connectivity index (χ3n) is 2.01. The van der Waals surface area contributed by atoms with Gasteiger partial charge in [0, 0.05) is 17.4 Å². The Morgan fingerprint density at radius 2 is 1.42 bits per heavy atom. The van der Waals surface area contributed by atoms with Crippen LogP contribution in [-0.4, -0.2) is 10.9 Å². The fourth-order valence-electron chi connectivity index (χ4n) is 1.29. The van der Waals surface area contributed by atoms with Gasteiger partial charge in [-0.2, -0.15) is 0 Å². The average molecular weight is 167 g/mol. The van der Waals surface area contributed by atoms with Gasteiger partial charge in [0.15, 0.2) is 0 Å². The molecule has 0 unspecified atom stereocenters. The molecule has 12 heavy (non-hydrogen) atoms. The molecule has 0 aliphatic rings. The Kier molecular flexibility index (Phi) is 4.72. The van der Waals surface area contributed by atoms with Gasteiger partial charge in [-0.25, -0.2) is 0 Å². The minimum atomic E-state index is 0.477. The quantitative estimate of drug-likeness (QED) is 0.605. The van der Waals surface area contributed by atoms with Gasteiger partial charge in [0.2, 0.25) is 0 Å². The van der Waals surface area contributed by atoms with E-state index in [-0.39, 0.29) is 0 Å². The van der Waals surface area contributed by atoms with Crippen molar-refractivity contribution in [3.8, 4) is 0 Å². The molecule has 1 heteroatoms. The van der Waals surface area contributed by atoms with E-state index in [9.17, 15) is 0 Å².